The van der Waals surface area contributed by atoms with Crippen LogP contribution in [0.2, 0.25) is 0 Å². The van der Waals surface area contributed by atoms with Gasteiger partial charge in [0.2, 0.25) is 0 Å². The Morgan fingerprint density at radius 1 is 1.38 bits per heavy atom. The highest BCUT2D eigenvalue weighted by atomic mass is 19.1. The van der Waals surface area contributed by atoms with E-state index in [2.05, 4.69) is 18.7 Å². The molecule has 0 heterocycles. The predicted octanol–water partition coefficient (Wildman–Crippen LogP) is 3.03. The number of anilines is 2. The van der Waals surface area contributed by atoms with Crippen LogP contribution >= 0.6 is 0 Å². The second-order valence-corrected chi connectivity index (χ2v) is 5.02. The van der Waals surface area contributed by atoms with Crippen molar-refractivity contribution in [1.82, 2.24) is 0 Å². The van der Waals surface area contributed by atoms with Crippen molar-refractivity contribution in [2.75, 3.05) is 17.2 Å². The van der Waals surface area contributed by atoms with Gasteiger partial charge in [-0.1, -0.05) is 13.8 Å². The summed E-state index contributed by atoms with van der Waals surface area (Å²) in [6, 6.07) is 5.40. The monoisotopic (exact) mass is 222 g/mol. The third kappa shape index (κ3) is 2.65. The first-order chi connectivity index (χ1) is 7.56. The van der Waals surface area contributed by atoms with Gasteiger partial charge in [0.15, 0.2) is 0 Å². The van der Waals surface area contributed by atoms with E-state index < -0.39 is 0 Å². The van der Waals surface area contributed by atoms with E-state index >= 15 is 0 Å². The van der Waals surface area contributed by atoms with Gasteiger partial charge in [-0.2, -0.15) is 0 Å². The van der Waals surface area contributed by atoms with Crippen LogP contribution < -0.4 is 10.6 Å². The van der Waals surface area contributed by atoms with Gasteiger partial charge in [-0.15, -0.1) is 0 Å². The fourth-order valence-electron chi connectivity index (χ4n) is 2.01. The summed E-state index contributed by atoms with van der Waals surface area (Å²) in [6.45, 7) is 5.32. The number of nitrogens with two attached hydrogens (primary N) is 1. The molecule has 0 amide bonds. The standard InChI is InChI=1S/C13H19FN2/c1-9(2)8-16(12-3-4-12)13-6-10(14)5-11(15)7-13/h5-7,9,12H,3-4,8,15H2,1-2H3. The van der Waals surface area contributed by atoms with Gasteiger partial charge in [-0.3, -0.25) is 0 Å². The number of rotatable bonds is 4. The van der Waals surface area contributed by atoms with E-state index in [1.165, 1.54) is 18.9 Å². The van der Waals surface area contributed by atoms with E-state index in [1.807, 2.05) is 6.07 Å². The number of hydrogen-bond donors (Lipinski definition) is 1. The molecule has 3 heteroatoms. The fourth-order valence-corrected chi connectivity index (χ4v) is 2.01. The molecule has 2 rings (SSSR count). The van der Waals surface area contributed by atoms with E-state index in [0.29, 0.717) is 17.6 Å². The Kier molecular flexibility index (Phi) is 3.03. The van der Waals surface area contributed by atoms with Crippen molar-refractivity contribution in [2.24, 2.45) is 5.92 Å². The van der Waals surface area contributed by atoms with E-state index in [4.69, 9.17) is 5.73 Å². The molecule has 1 aromatic rings. The number of benzene rings is 1. The summed E-state index contributed by atoms with van der Waals surface area (Å²) in [4.78, 5) is 2.28. The molecule has 1 aliphatic rings. The third-order valence-electron chi connectivity index (χ3n) is 2.79. The zero-order valence-electron chi connectivity index (χ0n) is 9.91. The summed E-state index contributed by atoms with van der Waals surface area (Å²) in [7, 11) is 0. The lowest BCUT2D eigenvalue weighted by Crippen LogP contribution is -2.29. The summed E-state index contributed by atoms with van der Waals surface area (Å²) in [5, 5.41) is 0. The van der Waals surface area contributed by atoms with Crippen molar-refractivity contribution in [3.05, 3.63) is 24.0 Å². The molecule has 1 fully saturated rings. The first-order valence-electron chi connectivity index (χ1n) is 5.89. The molecule has 0 aliphatic heterocycles. The van der Waals surface area contributed by atoms with Gasteiger partial charge in [-0.25, -0.2) is 4.39 Å². The summed E-state index contributed by atoms with van der Waals surface area (Å²) in [6.07, 6.45) is 2.42. The van der Waals surface area contributed by atoms with Crippen LogP contribution in [0.4, 0.5) is 15.8 Å². The lowest BCUT2D eigenvalue weighted by molar-refractivity contribution is 0.600. The van der Waals surface area contributed by atoms with Gasteiger partial charge >= 0.3 is 0 Å². The van der Waals surface area contributed by atoms with Gasteiger partial charge in [-0.05, 0) is 37.0 Å². The normalized spacial score (nSPS) is 15.5. The highest BCUT2D eigenvalue weighted by Gasteiger charge is 2.29. The Morgan fingerprint density at radius 3 is 2.56 bits per heavy atom. The number of hydrogen-bond acceptors (Lipinski definition) is 2. The van der Waals surface area contributed by atoms with E-state index in [1.54, 1.807) is 6.07 Å². The van der Waals surface area contributed by atoms with Crippen LogP contribution in [0, 0.1) is 11.7 Å². The fraction of sp³-hybridized carbons (Fsp3) is 0.538. The van der Waals surface area contributed by atoms with Crippen LogP contribution in [0.15, 0.2) is 18.2 Å². The maximum Gasteiger partial charge on any atom is 0.127 e. The minimum absolute atomic E-state index is 0.246. The van der Waals surface area contributed by atoms with E-state index in [9.17, 15) is 4.39 Å². The van der Waals surface area contributed by atoms with Crippen LogP contribution in [-0.2, 0) is 0 Å². The average Bonchev–Trinajstić information content (AvgIpc) is 2.95. The number of halogens is 1. The molecule has 0 atom stereocenters. The number of nitrogen functional groups attached to an aromatic ring is 1. The molecule has 0 unspecified atom stereocenters. The minimum atomic E-state index is -0.246. The Bertz CT molecular complexity index is 352. The van der Waals surface area contributed by atoms with Gasteiger partial charge < -0.3 is 10.6 Å². The molecule has 1 aliphatic carbocycles. The van der Waals surface area contributed by atoms with Crippen LogP contribution in [0.3, 0.4) is 0 Å². The summed E-state index contributed by atoms with van der Waals surface area (Å²) >= 11 is 0. The Balaban J connectivity index is 2.23. The molecule has 0 spiro atoms. The van der Waals surface area contributed by atoms with E-state index in [-0.39, 0.29) is 5.82 Å². The highest BCUT2D eigenvalue weighted by Crippen LogP contribution is 2.33. The van der Waals surface area contributed by atoms with Gasteiger partial charge in [0, 0.05) is 24.0 Å². The molecule has 1 saturated carbocycles. The lowest BCUT2D eigenvalue weighted by Gasteiger charge is -2.27. The maximum absolute atomic E-state index is 13.3. The zero-order valence-corrected chi connectivity index (χ0v) is 9.91. The molecule has 2 nitrogen and oxygen atoms in total. The van der Waals surface area contributed by atoms with Gasteiger partial charge in [0.05, 0.1) is 0 Å². The smallest absolute Gasteiger partial charge is 0.127 e. The van der Waals surface area contributed by atoms with Crippen LogP contribution in [0.25, 0.3) is 0 Å². The first kappa shape index (κ1) is 11.2. The zero-order chi connectivity index (χ0) is 11.7. The van der Waals surface area contributed by atoms with Gasteiger partial charge in [0.25, 0.3) is 0 Å². The molecule has 0 bridgehead atoms. The average molecular weight is 222 g/mol. The highest BCUT2D eigenvalue weighted by molar-refractivity contribution is 5.57. The molecular formula is C13H19FN2. The molecule has 1 aromatic carbocycles. The minimum Gasteiger partial charge on any atom is -0.399 e. The van der Waals surface area contributed by atoms with Crippen molar-refractivity contribution in [1.29, 1.82) is 0 Å². The topological polar surface area (TPSA) is 29.3 Å². The maximum atomic E-state index is 13.3. The second-order valence-electron chi connectivity index (χ2n) is 5.02. The molecule has 2 N–H and O–H groups in total. The molecule has 88 valence electrons. The largest absolute Gasteiger partial charge is 0.399 e. The van der Waals surface area contributed by atoms with E-state index in [0.717, 1.165) is 12.2 Å². The molecular weight excluding hydrogens is 203 g/mol. The Labute approximate surface area is 96.2 Å². The summed E-state index contributed by atoms with van der Waals surface area (Å²) < 4.78 is 13.3. The molecule has 0 radical (unpaired) electrons. The predicted molar refractivity (Wildman–Crippen MR) is 66.0 cm³/mol. The third-order valence-corrected chi connectivity index (χ3v) is 2.79. The second kappa shape index (κ2) is 4.32. The summed E-state index contributed by atoms with van der Waals surface area (Å²) in [5.74, 6) is 0.328. The van der Waals surface area contributed by atoms with Crippen molar-refractivity contribution in [3.8, 4) is 0 Å². The SMILES string of the molecule is CC(C)CN(c1cc(N)cc(F)c1)C1CC1. The Hall–Kier alpha value is -1.25. The van der Waals surface area contributed by atoms with Crippen molar-refractivity contribution in [3.63, 3.8) is 0 Å². The summed E-state index contributed by atoms with van der Waals surface area (Å²) in [5.41, 5.74) is 7.11. The quantitative estimate of drug-likeness (QED) is 0.793. The van der Waals surface area contributed by atoms with Crippen LogP contribution in [-0.4, -0.2) is 12.6 Å². The van der Waals surface area contributed by atoms with Crippen molar-refractivity contribution in [2.45, 2.75) is 32.7 Å². The first-order valence-corrected chi connectivity index (χ1v) is 5.89. The lowest BCUT2D eigenvalue weighted by atomic mass is 10.1. The van der Waals surface area contributed by atoms with Crippen LogP contribution in [0.1, 0.15) is 26.7 Å². The van der Waals surface area contributed by atoms with Crippen LogP contribution in [0.5, 0.6) is 0 Å². The number of nitrogens with zero attached hydrogens (tertiary/aromatic N) is 1. The molecule has 0 saturated heterocycles. The molecule has 0 aromatic heterocycles. The van der Waals surface area contributed by atoms with Crippen molar-refractivity contribution < 1.29 is 4.39 Å². The van der Waals surface area contributed by atoms with Gasteiger partial charge in [0.1, 0.15) is 5.82 Å². The van der Waals surface area contributed by atoms with Crippen molar-refractivity contribution >= 4 is 11.4 Å². The Morgan fingerprint density at radius 2 is 2.06 bits per heavy atom. The molecule has 16 heavy (non-hydrogen) atoms.